The van der Waals surface area contributed by atoms with Gasteiger partial charge >= 0.3 is 5.97 Å². The first-order valence-electron chi connectivity index (χ1n) is 12.1. The molecule has 0 amide bonds. The number of carboxylic acid groups (broad SMARTS) is 1. The Morgan fingerprint density at radius 2 is 1.94 bits per heavy atom. The largest absolute Gasteiger partial charge is 0.481 e. The fourth-order valence-corrected chi connectivity index (χ4v) is 9.09. The highest BCUT2D eigenvalue weighted by atomic mass is 16.6. The van der Waals surface area contributed by atoms with E-state index in [2.05, 4.69) is 13.8 Å². The predicted octanol–water partition coefficient (Wildman–Crippen LogP) is 3.11. The topological polar surface area (TPSA) is 109 Å². The van der Waals surface area contributed by atoms with Crippen LogP contribution in [0, 0.1) is 28.1 Å². The minimum Gasteiger partial charge on any atom is -0.481 e. The van der Waals surface area contributed by atoms with Crippen molar-refractivity contribution in [1.82, 2.24) is 0 Å². The molecule has 3 aliphatic carbocycles. The predicted molar refractivity (Wildman–Crippen MR) is 117 cm³/mol. The van der Waals surface area contributed by atoms with Crippen molar-refractivity contribution in [3.05, 3.63) is 35.3 Å². The number of hydrogen-bond acceptors (Lipinski definition) is 6. The molecular formula is C26H34O7. The van der Waals surface area contributed by atoms with Crippen molar-refractivity contribution in [3.63, 3.8) is 0 Å². The fourth-order valence-electron chi connectivity index (χ4n) is 9.09. The third-order valence-corrected chi connectivity index (χ3v) is 10.5. The summed E-state index contributed by atoms with van der Waals surface area (Å²) in [5.74, 6) is -1.24. The number of fused-ring (bicyclic) bond motifs is 4. The van der Waals surface area contributed by atoms with Gasteiger partial charge in [0.15, 0.2) is 0 Å². The van der Waals surface area contributed by atoms with Gasteiger partial charge in [-0.3, -0.25) is 4.79 Å². The van der Waals surface area contributed by atoms with Gasteiger partial charge in [-0.05, 0) is 36.5 Å². The lowest BCUT2D eigenvalue weighted by Crippen LogP contribution is -2.70. The first-order chi connectivity index (χ1) is 15.5. The van der Waals surface area contributed by atoms with Gasteiger partial charge in [0.25, 0.3) is 0 Å². The number of furan rings is 1. The molecule has 0 radical (unpaired) electrons. The van der Waals surface area contributed by atoms with Crippen LogP contribution in [-0.4, -0.2) is 58.4 Å². The van der Waals surface area contributed by atoms with Crippen LogP contribution in [0.1, 0.15) is 58.4 Å². The maximum absolute atomic E-state index is 12.2. The SMILES string of the molecule is CC1=C2C(CC1c1ccoc1)OC1C3OCC4(C)C(O)CC(O)C(C)(C34)C(CC(=O)O)C21C. The standard InChI is InChI=1S/C26H34O7/c1-12-14(13-5-6-31-10-13)7-15-20(12)26(4)16(8-19(29)30)25(3)18(28)9-17(27)24(2)11-32-21(22(24)25)23(26)33-15/h5-6,10,14-18,21-23,27-28H,7-9,11H2,1-4H3,(H,29,30). The van der Waals surface area contributed by atoms with Crippen molar-refractivity contribution in [2.45, 2.75) is 83.4 Å². The first-order valence-corrected chi connectivity index (χ1v) is 12.1. The lowest BCUT2D eigenvalue weighted by Gasteiger charge is -2.64. The summed E-state index contributed by atoms with van der Waals surface area (Å²) in [4.78, 5) is 12.2. The van der Waals surface area contributed by atoms with Gasteiger partial charge in [-0.1, -0.05) is 26.3 Å². The van der Waals surface area contributed by atoms with Crippen molar-refractivity contribution in [3.8, 4) is 0 Å². The van der Waals surface area contributed by atoms with Gasteiger partial charge in [0, 0.05) is 40.9 Å². The Morgan fingerprint density at radius 1 is 1.18 bits per heavy atom. The van der Waals surface area contributed by atoms with Crippen molar-refractivity contribution in [2.75, 3.05) is 6.61 Å². The molecule has 3 N–H and O–H groups in total. The van der Waals surface area contributed by atoms with E-state index in [-0.39, 0.29) is 48.9 Å². The molecule has 1 aromatic rings. The van der Waals surface area contributed by atoms with Gasteiger partial charge in [0.1, 0.15) is 0 Å². The monoisotopic (exact) mass is 458 g/mol. The highest BCUT2D eigenvalue weighted by molar-refractivity contribution is 5.68. The van der Waals surface area contributed by atoms with E-state index in [0.29, 0.717) is 6.61 Å². The van der Waals surface area contributed by atoms with Crippen LogP contribution < -0.4 is 0 Å². The average Bonchev–Trinajstić information content (AvgIpc) is 3.50. The minimum atomic E-state index is -0.871. The van der Waals surface area contributed by atoms with Gasteiger partial charge < -0.3 is 29.2 Å². The molecule has 180 valence electrons. The fraction of sp³-hybridized carbons (Fsp3) is 0.731. The smallest absolute Gasteiger partial charge is 0.303 e. The third kappa shape index (κ3) is 2.47. The normalized spacial score (nSPS) is 52.5. The number of allylic oxidation sites excluding steroid dienone is 1. The van der Waals surface area contributed by atoms with Gasteiger partial charge in [-0.15, -0.1) is 0 Å². The van der Waals surface area contributed by atoms with Crippen LogP contribution in [0.5, 0.6) is 0 Å². The van der Waals surface area contributed by atoms with Crippen LogP contribution in [0.25, 0.3) is 0 Å². The molecular weight excluding hydrogens is 424 g/mol. The number of ether oxygens (including phenoxy) is 2. The van der Waals surface area contributed by atoms with Crippen LogP contribution in [0.4, 0.5) is 0 Å². The van der Waals surface area contributed by atoms with E-state index in [1.165, 1.54) is 11.1 Å². The molecule has 1 aromatic heterocycles. The Bertz CT molecular complexity index is 1020. The molecule has 2 aliphatic heterocycles. The lowest BCUT2D eigenvalue weighted by atomic mass is 9.40. The number of rotatable bonds is 3. The van der Waals surface area contributed by atoms with Crippen LogP contribution in [0.15, 0.2) is 34.2 Å². The third-order valence-electron chi connectivity index (χ3n) is 10.5. The average molecular weight is 459 g/mol. The Balaban J connectivity index is 1.55. The van der Waals surface area contributed by atoms with Gasteiger partial charge in [-0.25, -0.2) is 0 Å². The van der Waals surface area contributed by atoms with Gasteiger partial charge in [-0.2, -0.15) is 0 Å². The van der Waals surface area contributed by atoms with Gasteiger partial charge in [0.05, 0.1) is 49.7 Å². The highest BCUT2D eigenvalue weighted by Crippen LogP contribution is 2.73. The maximum atomic E-state index is 12.2. The lowest BCUT2D eigenvalue weighted by molar-refractivity contribution is -0.242. The van der Waals surface area contributed by atoms with Crippen molar-refractivity contribution in [1.29, 1.82) is 0 Å². The number of aliphatic hydroxyl groups excluding tert-OH is 2. The van der Waals surface area contributed by atoms with Crippen LogP contribution >= 0.6 is 0 Å². The Morgan fingerprint density at radius 3 is 2.61 bits per heavy atom. The molecule has 11 atom stereocenters. The number of aliphatic carboxylic acids is 1. The molecule has 4 fully saturated rings. The number of carboxylic acids is 1. The summed E-state index contributed by atoms with van der Waals surface area (Å²) in [5, 5.41) is 32.5. The second kappa shape index (κ2) is 6.72. The molecule has 6 rings (SSSR count). The van der Waals surface area contributed by atoms with Crippen molar-refractivity contribution < 1.29 is 34.0 Å². The summed E-state index contributed by atoms with van der Waals surface area (Å²) in [5.41, 5.74) is 1.66. The Kier molecular flexibility index (Phi) is 4.44. The molecule has 11 unspecified atom stereocenters. The molecule has 7 heteroatoms. The van der Waals surface area contributed by atoms with Gasteiger partial charge in [0.2, 0.25) is 0 Å². The van der Waals surface area contributed by atoms with E-state index < -0.39 is 34.4 Å². The zero-order valence-electron chi connectivity index (χ0n) is 19.7. The van der Waals surface area contributed by atoms with E-state index in [4.69, 9.17) is 13.9 Å². The van der Waals surface area contributed by atoms with Crippen LogP contribution in [-0.2, 0) is 14.3 Å². The van der Waals surface area contributed by atoms with Crippen LogP contribution in [0.3, 0.4) is 0 Å². The molecule has 2 saturated heterocycles. The first kappa shape index (κ1) is 21.8. The Labute approximate surface area is 193 Å². The molecule has 3 heterocycles. The van der Waals surface area contributed by atoms with E-state index in [0.717, 1.165) is 12.0 Å². The second-order valence-electron chi connectivity index (χ2n) is 11.8. The summed E-state index contributed by atoms with van der Waals surface area (Å²) in [6, 6.07) is 1.99. The van der Waals surface area contributed by atoms with E-state index >= 15 is 0 Å². The summed E-state index contributed by atoms with van der Waals surface area (Å²) >= 11 is 0. The molecule has 0 bridgehead atoms. The summed E-state index contributed by atoms with van der Waals surface area (Å²) < 4.78 is 18.5. The van der Waals surface area contributed by atoms with E-state index in [1.807, 2.05) is 19.9 Å². The zero-order chi connectivity index (χ0) is 23.5. The van der Waals surface area contributed by atoms with Crippen molar-refractivity contribution >= 4 is 5.97 Å². The number of carbonyl (C=O) groups is 1. The van der Waals surface area contributed by atoms with Crippen LogP contribution in [0.2, 0.25) is 0 Å². The molecule has 0 spiro atoms. The number of hydrogen-bond donors (Lipinski definition) is 3. The molecule has 5 aliphatic rings. The van der Waals surface area contributed by atoms with Crippen molar-refractivity contribution in [2.24, 2.45) is 28.1 Å². The molecule has 33 heavy (non-hydrogen) atoms. The van der Waals surface area contributed by atoms with E-state index in [1.54, 1.807) is 12.5 Å². The van der Waals surface area contributed by atoms with E-state index in [9.17, 15) is 20.1 Å². The summed E-state index contributed by atoms with van der Waals surface area (Å²) in [6.45, 7) is 8.73. The Hall–Kier alpha value is -1.67. The molecule has 2 saturated carbocycles. The zero-order valence-corrected chi connectivity index (χ0v) is 19.7. The minimum absolute atomic E-state index is 0.0564. The summed E-state index contributed by atoms with van der Waals surface area (Å²) in [7, 11) is 0. The summed E-state index contributed by atoms with van der Waals surface area (Å²) in [6.07, 6.45) is 2.21. The second-order valence-corrected chi connectivity index (χ2v) is 11.8. The molecule has 7 nitrogen and oxygen atoms in total. The highest BCUT2D eigenvalue weighted by Gasteiger charge is 2.77. The number of aliphatic hydroxyl groups is 2. The quantitative estimate of drug-likeness (QED) is 0.597. The molecule has 0 aromatic carbocycles. The maximum Gasteiger partial charge on any atom is 0.303 e.